The third-order valence-electron chi connectivity index (χ3n) is 5.16. The summed E-state index contributed by atoms with van der Waals surface area (Å²) in [6.07, 6.45) is -1.54. The molecule has 2 fully saturated rings. The summed E-state index contributed by atoms with van der Waals surface area (Å²) in [6.45, 7) is 1.07. The van der Waals surface area contributed by atoms with Gasteiger partial charge >= 0.3 is 6.18 Å². The molecule has 1 amide bonds. The fraction of sp³-hybridized carbons (Fsp3) is 0.611. The van der Waals surface area contributed by atoms with Crippen molar-refractivity contribution >= 4 is 5.91 Å². The first-order valence-electron chi connectivity index (χ1n) is 8.66. The first kappa shape index (κ1) is 18.2. The van der Waals surface area contributed by atoms with E-state index in [1.54, 1.807) is 11.0 Å². The summed E-state index contributed by atoms with van der Waals surface area (Å²) in [5.41, 5.74) is 5.78. The number of amides is 1. The molecule has 1 aliphatic heterocycles. The molecule has 1 aromatic rings. The van der Waals surface area contributed by atoms with E-state index in [4.69, 9.17) is 10.5 Å². The Balaban J connectivity index is 1.66. The van der Waals surface area contributed by atoms with Gasteiger partial charge in [0.2, 0.25) is 5.91 Å². The van der Waals surface area contributed by atoms with Gasteiger partial charge in [-0.3, -0.25) is 4.79 Å². The highest BCUT2D eigenvalue weighted by Crippen LogP contribution is 2.33. The summed E-state index contributed by atoms with van der Waals surface area (Å²) in [6, 6.07) is 5.20. The molecule has 7 heteroatoms. The van der Waals surface area contributed by atoms with Crippen LogP contribution in [0.15, 0.2) is 24.3 Å². The summed E-state index contributed by atoms with van der Waals surface area (Å²) < 4.78 is 44.3. The maximum atomic E-state index is 12.9. The molecule has 2 aliphatic rings. The number of benzene rings is 1. The Bertz CT molecular complexity index is 621. The van der Waals surface area contributed by atoms with E-state index in [0.29, 0.717) is 25.1 Å². The van der Waals surface area contributed by atoms with E-state index in [1.165, 1.54) is 6.07 Å². The molecule has 4 nitrogen and oxygen atoms in total. The number of nitrogens with zero attached hydrogens (tertiary/aromatic N) is 1. The van der Waals surface area contributed by atoms with Gasteiger partial charge in [0.1, 0.15) is 6.10 Å². The monoisotopic (exact) mass is 356 g/mol. The van der Waals surface area contributed by atoms with Gasteiger partial charge in [-0.25, -0.2) is 0 Å². The van der Waals surface area contributed by atoms with Crippen LogP contribution in [-0.4, -0.2) is 36.5 Å². The number of morpholine rings is 1. The lowest BCUT2D eigenvalue weighted by molar-refractivity contribution is -0.141. The van der Waals surface area contributed by atoms with Gasteiger partial charge in [-0.2, -0.15) is 13.2 Å². The Morgan fingerprint density at radius 3 is 2.80 bits per heavy atom. The van der Waals surface area contributed by atoms with E-state index in [-0.39, 0.29) is 24.4 Å². The smallest absolute Gasteiger partial charge is 0.370 e. The molecule has 1 aliphatic carbocycles. The third-order valence-corrected chi connectivity index (χ3v) is 5.16. The lowest BCUT2D eigenvalue weighted by Crippen LogP contribution is -2.43. The summed E-state index contributed by atoms with van der Waals surface area (Å²) in [4.78, 5) is 14.2. The lowest BCUT2D eigenvalue weighted by atomic mass is 9.98. The van der Waals surface area contributed by atoms with Gasteiger partial charge in [-0.15, -0.1) is 0 Å². The summed E-state index contributed by atoms with van der Waals surface area (Å²) in [7, 11) is 0. The van der Waals surface area contributed by atoms with E-state index in [2.05, 4.69) is 0 Å². The van der Waals surface area contributed by atoms with Gasteiger partial charge in [-0.1, -0.05) is 18.6 Å². The Morgan fingerprint density at radius 1 is 1.32 bits per heavy atom. The molecule has 0 aromatic heterocycles. The minimum absolute atomic E-state index is 0.0163. The van der Waals surface area contributed by atoms with Crippen molar-refractivity contribution in [2.45, 2.75) is 44.0 Å². The zero-order valence-electron chi connectivity index (χ0n) is 14.0. The molecule has 0 bridgehead atoms. The van der Waals surface area contributed by atoms with Crippen LogP contribution >= 0.6 is 0 Å². The topological polar surface area (TPSA) is 55.6 Å². The summed E-state index contributed by atoms with van der Waals surface area (Å²) in [5, 5.41) is 0. The molecule has 1 aromatic carbocycles. The largest absolute Gasteiger partial charge is 0.416 e. The number of halogens is 3. The van der Waals surface area contributed by atoms with Gasteiger partial charge < -0.3 is 15.4 Å². The Morgan fingerprint density at radius 2 is 2.12 bits per heavy atom. The van der Waals surface area contributed by atoms with Crippen molar-refractivity contribution < 1.29 is 22.7 Å². The van der Waals surface area contributed by atoms with Crippen LogP contribution in [0.5, 0.6) is 0 Å². The van der Waals surface area contributed by atoms with Crippen LogP contribution in [0.2, 0.25) is 0 Å². The molecule has 3 rings (SSSR count). The van der Waals surface area contributed by atoms with Crippen LogP contribution in [-0.2, 0) is 15.7 Å². The zero-order chi connectivity index (χ0) is 18.0. The highest BCUT2D eigenvalue weighted by Gasteiger charge is 2.33. The second-order valence-corrected chi connectivity index (χ2v) is 6.88. The fourth-order valence-electron chi connectivity index (χ4n) is 3.67. The maximum absolute atomic E-state index is 12.9. The average molecular weight is 356 g/mol. The van der Waals surface area contributed by atoms with Crippen molar-refractivity contribution in [1.29, 1.82) is 0 Å². The van der Waals surface area contributed by atoms with E-state index in [1.807, 2.05) is 0 Å². The van der Waals surface area contributed by atoms with Crippen LogP contribution in [0.1, 0.15) is 42.9 Å². The van der Waals surface area contributed by atoms with Crippen LogP contribution in [0, 0.1) is 5.92 Å². The zero-order valence-corrected chi connectivity index (χ0v) is 14.0. The molecule has 138 valence electrons. The number of ether oxygens (including phenoxy) is 1. The predicted octanol–water partition coefficient (Wildman–Crippen LogP) is 3.12. The van der Waals surface area contributed by atoms with Gasteiger partial charge in [0, 0.05) is 19.0 Å². The number of carbonyl (C=O) groups is 1. The van der Waals surface area contributed by atoms with Gasteiger partial charge in [0.05, 0.1) is 18.7 Å². The van der Waals surface area contributed by atoms with Crippen molar-refractivity contribution in [2.75, 3.05) is 19.7 Å². The standard InChI is InChI=1S/C18H23F3N2O2/c19-18(20,21)14-5-1-4-13(9-14)16-11-23(7-8-25-16)17(24)10-12-3-2-6-15(12)22/h1,4-5,9,12,15-16H,2-3,6-8,10-11,22H2/t12-,15+,16?/m0/s1. The third kappa shape index (κ3) is 4.33. The van der Waals surface area contributed by atoms with Crippen molar-refractivity contribution in [1.82, 2.24) is 4.90 Å². The van der Waals surface area contributed by atoms with Gasteiger partial charge in [0.25, 0.3) is 0 Å². The Labute approximate surface area is 145 Å². The minimum Gasteiger partial charge on any atom is -0.370 e. The molecule has 0 radical (unpaired) electrons. The van der Waals surface area contributed by atoms with Gasteiger partial charge in [-0.05, 0) is 36.5 Å². The van der Waals surface area contributed by atoms with E-state index < -0.39 is 17.8 Å². The normalized spacial score (nSPS) is 27.5. The fourth-order valence-corrected chi connectivity index (χ4v) is 3.67. The summed E-state index contributed by atoms with van der Waals surface area (Å²) in [5.74, 6) is 0.227. The molecule has 1 saturated carbocycles. The second-order valence-electron chi connectivity index (χ2n) is 6.88. The Hall–Kier alpha value is -1.60. The average Bonchev–Trinajstić information content (AvgIpc) is 2.99. The number of hydrogen-bond acceptors (Lipinski definition) is 3. The first-order valence-corrected chi connectivity index (χ1v) is 8.66. The molecule has 1 heterocycles. The highest BCUT2D eigenvalue weighted by atomic mass is 19.4. The van der Waals surface area contributed by atoms with Crippen molar-refractivity contribution in [2.24, 2.45) is 11.7 Å². The van der Waals surface area contributed by atoms with E-state index in [0.717, 1.165) is 31.4 Å². The molecular weight excluding hydrogens is 333 g/mol. The number of nitrogens with two attached hydrogens (primary N) is 1. The quantitative estimate of drug-likeness (QED) is 0.905. The number of rotatable bonds is 3. The molecule has 25 heavy (non-hydrogen) atoms. The van der Waals surface area contributed by atoms with Crippen LogP contribution in [0.3, 0.4) is 0 Å². The molecule has 3 atom stereocenters. The molecule has 0 spiro atoms. The van der Waals surface area contributed by atoms with Crippen molar-refractivity contribution in [3.63, 3.8) is 0 Å². The molecule has 1 saturated heterocycles. The predicted molar refractivity (Wildman–Crippen MR) is 86.7 cm³/mol. The Kier molecular flexibility index (Phi) is 5.34. The van der Waals surface area contributed by atoms with Crippen molar-refractivity contribution in [3.05, 3.63) is 35.4 Å². The van der Waals surface area contributed by atoms with Crippen molar-refractivity contribution in [3.8, 4) is 0 Å². The number of hydrogen-bond donors (Lipinski definition) is 1. The highest BCUT2D eigenvalue weighted by molar-refractivity contribution is 5.76. The lowest BCUT2D eigenvalue weighted by Gasteiger charge is -2.34. The SMILES string of the molecule is N[C@@H]1CCC[C@H]1CC(=O)N1CCOC(c2cccc(C(F)(F)F)c2)C1. The van der Waals surface area contributed by atoms with Crippen LogP contribution in [0.25, 0.3) is 0 Å². The maximum Gasteiger partial charge on any atom is 0.416 e. The number of alkyl halides is 3. The van der Waals surface area contributed by atoms with Crippen LogP contribution < -0.4 is 5.73 Å². The van der Waals surface area contributed by atoms with E-state index in [9.17, 15) is 18.0 Å². The van der Waals surface area contributed by atoms with E-state index >= 15 is 0 Å². The first-order chi connectivity index (χ1) is 11.8. The molecule has 2 N–H and O–H groups in total. The molecule has 1 unspecified atom stereocenters. The van der Waals surface area contributed by atoms with Crippen LogP contribution in [0.4, 0.5) is 13.2 Å². The second kappa shape index (κ2) is 7.33. The molecular formula is C18H23F3N2O2. The van der Waals surface area contributed by atoms with Gasteiger partial charge in [0.15, 0.2) is 0 Å². The minimum atomic E-state index is -4.39. The number of carbonyl (C=O) groups excluding carboxylic acids is 1. The summed E-state index contributed by atoms with van der Waals surface area (Å²) >= 11 is 0.